The molecule has 0 spiro atoms. The van der Waals surface area contributed by atoms with Gasteiger partial charge in [-0.1, -0.05) is 0 Å². The highest BCUT2D eigenvalue weighted by atomic mass is 16.5. The van der Waals surface area contributed by atoms with Gasteiger partial charge in [0, 0.05) is 18.2 Å². The molecule has 0 aromatic heterocycles. The van der Waals surface area contributed by atoms with Gasteiger partial charge in [-0.25, -0.2) is 4.79 Å². The van der Waals surface area contributed by atoms with Gasteiger partial charge >= 0.3 is 11.9 Å². The van der Waals surface area contributed by atoms with E-state index in [-0.39, 0.29) is 18.4 Å². The number of hydrogen-bond acceptors (Lipinski definition) is 4. The molecule has 1 atom stereocenters. The van der Waals surface area contributed by atoms with E-state index in [1.54, 1.807) is 31.2 Å². The van der Waals surface area contributed by atoms with Crippen molar-refractivity contribution in [3.05, 3.63) is 29.8 Å². The number of esters is 1. The van der Waals surface area contributed by atoms with Crippen molar-refractivity contribution in [1.82, 2.24) is 0 Å². The number of rotatable bonds is 7. The average molecular weight is 265 g/mol. The Kier molecular flexibility index (Phi) is 5.85. The van der Waals surface area contributed by atoms with E-state index in [2.05, 4.69) is 5.32 Å². The van der Waals surface area contributed by atoms with Crippen molar-refractivity contribution < 1.29 is 19.4 Å². The summed E-state index contributed by atoms with van der Waals surface area (Å²) in [4.78, 5) is 21.9. The number of anilines is 1. The highest BCUT2D eigenvalue weighted by Gasteiger charge is 2.08. The van der Waals surface area contributed by atoms with Gasteiger partial charge in [0.05, 0.1) is 12.2 Å². The third-order valence-corrected chi connectivity index (χ3v) is 2.60. The Labute approximate surface area is 112 Å². The number of carboxylic acid groups (broad SMARTS) is 1. The quantitative estimate of drug-likeness (QED) is 0.741. The third-order valence-electron chi connectivity index (χ3n) is 2.60. The summed E-state index contributed by atoms with van der Waals surface area (Å²) >= 11 is 0. The monoisotopic (exact) mass is 265 g/mol. The van der Waals surface area contributed by atoms with Gasteiger partial charge in [-0.2, -0.15) is 0 Å². The molecule has 19 heavy (non-hydrogen) atoms. The minimum absolute atomic E-state index is 0.0598. The van der Waals surface area contributed by atoms with Crippen LogP contribution in [0.15, 0.2) is 24.3 Å². The fourth-order valence-corrected chi connectivity index (χ4v) is 1.61. The maximum absolute atomic E-state index is 11.4. The van der Waals surface area contributed by atoms with Crippen molar-refractivity contribution in [2.75, 3.05) is 11.9 Å². The lowest BCUT2D eigenvalue weighted by Gasteiger charge is -2.14. The largest absolute Gasteiger partial charge is 0.481 e. The summed E-state index contributed by atoms with van der Waals surface area (Å²) < 4.78 is 4.89. The van der Waals surface area contributed by atoms with Crippen LogP contribution < -0.4 is 5.32 Å². The Morgan fingerprint density at radius 2 is 1.95 bits per heavy atom. The molecule has 0 amide bonds. The number of carbonyl (C=O) groups is 2. The van der Waals surface area contributed by atoms with Gasteiger partial charge in [0.1, 0.15) is 0 Å². The third kappa shape index (κ3) is 5.42. The Bertz CT molecular complexity index is 428. The summed E-state index contributed by atoms with van der Waals surface area (Å²) in [5, 5.41) is 11.8. The zero-order valence-corrected chi connectivity index (χ0v) is 11.2. The van der Waals surface area contributed by atoms with Crippen molar-refractivity contribution >= 4 is 17.6 Å². The summed E-state index contributed by atoms with van der Waals surface area (Å²) in [6, 6.07) is 6.99. The van der Waals surface area contributed by atoms with E-state index in [9.17, 15) is 9.59 Å². The lowest BCUT2D eigenvalue weighted by Crippen LogP contribution is -2.16. The van der Waals surface area contributed by atoms with Gasteiger partial charge < -0.3 is 15.2 Å². The Morgan fingerprint density at radius 1 is 1.32 bits per heavy atom. The molecular formula is C14H19NO4. The lowest BCUT2D eigenvalue weighted by molar-refractivity contribution is -0.137. The highest BCUT2D eigenvalue weighted by molar-refractivity contribution is 5.89. The van der Waals surface area contributed by atoms with Gasteiger partial charge in [0.25, 0.3) is 0 Å². The van der Waals surface area contributed by atoms with Crippen molar-refractivity contribution in [3.8, 4) is 0 Å². The zero-order chi connectivity index (χ0) is 14.3. The van der Waals surface area contributed by atoms with Gasteiger partial charge in [0.2, 0.25) is 0 Å². The van der Waals surface area contributed by atoms with Crippen LogP contribution in [-0.4, -0.2) is 29.7 Å². The fraction of sp³-hybridized carbons (Fsp3) is 0.429. The number of nitrogens with one attached hydrogen (secondary N) is 1. The van der Waals surface area contributed by atoms with Crippen LogP contribution in [0.25, 0.3) is 0 Å². The van der Waals surface area contributed by atoms with Gasteiger partial charge in [0.15, 0.2) is 0 Å². The predicted octanol–water partition coefficient (Wildman–Crippen LogP) is 2.53. The molecule has 1 unspecified atom stereocenters. The fourth-order valence-electron chi connectivity index (χ4n) is 1.61. The summed E-state index contributed by atoms with van der Waals surface area (Å²) in [5.74, 6) is -1.14. The number of carbonyl (C=O) groups excluding carboxylic acids is 1. The Hall–Kier alpha value is -2.04. The summed E-state index contributed by atoms with van der Waals surface area (Å²) in [6.45, 7) is 4.03. The molecule has 0 aliphatic rings. The molecule has 2 N–H and O–H groups in total. The molecule has 104 valence electrons. The first-order valence-corrected chi connectivity index (χ1v) is 6.28. The minimum Gasteiger partial charge on any atom is -0.481 e. The topological polar surface area (TPSA) is 75.6 Å². The zero-order valence-electron chi connectivity index (χ0n) is 11.2. The lowest BCUT2D eigenvalue weighted by atomic mass is 10.1. The normalized spacial score (nSPS) is 11.7. The van der Waals surface area contributed by atoms with E-state index in [4.69, 9.17) is 9.84 Å². The molecule has 5 heteroatoms. The molecule has 5 nitrogen and oxygen atoms in total. The number of aliphatic carboxylic acids is 1. The molecule has 0 saturated heterocycles. The average Bonchev–Trinajstić information content (AvgIpc) is 2.37. The molecule has 1 aromatic carbocycles. The van der Waals surface area contributed by atoms with Crippen LogP contribution in [0.4, 0.5) is 5.69 Å². The van der Waals surface area contributed by atoms with Crippen LogP contribution in [0.1, 0.15) is 37.0 Å². The first-order chi connectivity index (χ1) is 9.02. The van der Waals surface area contributed by atoms with Crippen LogP contribution in [0.5, 0.6) is 0 Å². The predicted molar refractivity (Wildman–Crippen MR) is 72.4 cm³/mol. The van der Waals surface area contributed by atoms with Gasteiger partial charge in [-0.15, -0.1) is 0 Å². The smallest absolute Gasteiger partial charge is 0.338 e. The van der Waals surface area contributed by atoms with Crippen LogP contribution in [0.3, 0.4) is 0 Å². The second kappa shape index (κ2) is 7.41. The number of benzene rings is 1. The highest BCUT2D eigenvalue weighted by Crippen LogP contribution is 2.13. The molecule has 1 aromatic rings. The maximum atomic E-state index is 11.4. The number of carboxylic acids is 1. The van der Waals surface area contributed by atoms with E-state index in [1.165, 1.54) is 0 Å². The van der Waals surface area contributed by atoms with Crippen molar-refractivity contribution in [3.63, 3.8) is 0 Å². The summed E-state index contributed by atoms with van der Waals surface area (Å²) in [6.07, 6.45) is 0.685. The molecule has 0 fully saturated rings. The molecular weight excluding hydrogens is 246 g/mol. The minimum atomic E-state index is -0.800. The Balaban J connectivity index is 2.52. The maximum Gasteiger partial charge on any atom is 0.338 e. The first-order valence-electron chi connectivity index (χ1n) is 6.28. The van der Waals surface area contributed by atoms with Crippen LogP contribution in [-0.2, 0) is 9.53 Å². The SMILES string of the molecule is CCOC(=O)c1ccc(NC(C)CCC(=O)O)cc1. The molecule has 0 bridgehead atoms. The standard InChI is InChI=1S/C14H19NO4/c1-3-19-14(18)11-5-7-12(8-6-11)15-10(2)4-9-13(16)17/h5-8,10,15H,3-4,9H2,1-2H3,(H,16,17). The van der Waals surface area contributed by atoms with Crippen molar-refractivity contribution in [2.24, 2.45) is 0 Å². The van der Waals surface area contributed by atoms with E-state index in [1.807, 2.05) is 6.92 Å². The van der Waals surface area contributed by atoms with Crippen molar-refractivity contribution in [1.29, 1.82) is 0 Å². The number of hydrogen-bond donors (Lipinski definition) is 2. The second-order valence-corrected chi connectivity index (χ2v) is 4.28. The second-order valence-electron chi connectivity index (χ2n) is 4.28. The van der Waals surface area contributed by atoms with E-state index < -0.39 is 5.97 Å². The summed E-state index contributed by atoms with van der Waals surface area (Å²) in [7, 11) is 0. The molecule has 0 aliphatic carbocycles. The van der Waals surface area contributed by atoms with E-state index in [0.29, 0.717) is 18.6 Å². The van der Waals surface area contributed by atoms with Crippen LogP contribution in [0.2, 0.25) is 0 Å². The van der Waals surface area contributed by atoms with E-state index in [0.717, 1.165) is 5.69 Å². The van der Waals surface area contributed by atoms with Crippen LogP contribution >= 0.6 is 0 Å². The molecule has 1 rings (SSSR count). The van der Waals surface area contributed by atoms with Gasteiger partial charge in [-0.05, 0) is 44.5 Å². The Morgan fingerprint density at radius 3 is 2.47 bits per heavy atom. The number of ether oxygens (including phenoxy) is 1. The van der Waals surface area contributed by atoms with Gasteiger partial charge in [-0.3, -0.25) is 4.79 Å². The van der Waals surface area contributed by atoms with Crippen molar-refractivity contribution in [2.45, 2.75) is 32.7 Å². The molecule has 0 heterocycles. The molecule has 0 aliphatic heterocycles. The van der Waals surface area contributed by atoms with E-state index >= 15 is 0 Å². The summed E-state index contributed by atoms with van der Waals surface area (Å²) in [5.41, 5.74) is 1.36. The molecule has 0 radical (unpaired) electrons. The first kappa shape index (κ1) is 15.0. The van der Waals surface area contributed by atoms with Crippen LogP contribution in [0, 0.1) is 0 Å². The molecule has 0 saturated carbocycles.